The molecule has 0 spiro atoms. The van der Waals surface area contributed by atoms with Crippen LogP contribution in [-0.2, 0) is 9.59 Å². The Labute approximate surface area is 123 Å². The molecule has 0 aromatic heterocycles. The largest absolute Gasteiger partial charge is 0.550 e. The highest BCUT2D eigenvalue weighted by atomic mass is 16.4. The minimum Gasteiger partial charge on any atom is -0.550 e. The van der Waals surface area contributed by atoms with Crippen molar-refractivity contribution in [1.82, 2.24) is 5.32 Å². The minimum atomic E-state index is -0.985. The second-order valence-electron chi connectivity index (χ2n) is 5.62. The molecule has 0 fully saturated rings. The summed E-state index contributed by atoms with van der Waals surface area (Å²) in [7, 11) is 0. The van der Waals surface area contributed by atoms with Crippen molar-refractivity contribution in [3.8, 4) is 0 Å². The van der Waals surface area contributed by atoms with Gasteiger partial charge in [-0.2, -0.15) is 0 Å². The number of carboxylic acids is 1. The highest BCUT2D eigenvalue weighted by Gasteiger charge is 2.09. The average Bonchev–Trinajstić information content (AvgIpc) is 2.36. The number of carbonyl (C=O) groups excluding carboxylic acids is 2. The van der Waals surface area contributed by atoms with Crippen LogP contribution in [0.15, 0.2) is 0 Å². The lowest BCUT2D eigenvalue weighted by molar-refractivity contribution is -0.306. The van der Waals surface area contributed by atoms with Gasteiger partial charge in [-0.3, -0.25) is 4.79 Å². The number of hydrogen-bond donors (Lipinski definition) is 1. The van der Waals surface area contributed by atoms with Crippen LogP contribution in [-0.4, -0.2) is 18.4 Å². The molecule has 0 aromatic rings. The summed E-state index contributed by atoms with van der Waals surface area (Å²) in [6.07, 6.45) is 10.4. The second-order valence-corrected chi connectivity index (χ2v) is 5.62. The first-order valence-corrected chi connectivity index (χ1v) is 8.00. The van der Waals surface area contributed by atoms with Crippen molar-refractivity contribution < 1.29 is 14.7 Å². The van der Waals surface area contributed by atoms with Gasteiger partial charge in [-0.05, 0) is 18.8 Å². The van der Waals surface area contributed by atoms with Gasteiger partial charge in [0, 0.05) is 19.4 Å². The van der Waals surface area contributed by atoms with Crippen LogP contribution in [0.5, 0.6) is 0 Å². The van der Waals surface area contributed by atoms with Crippen LogP contribution in [0.4, 0.5) is 0 Å². The zero-order chi connectivity index (χ0) is 15.2. The summed E-state index contributed by atoms with van der Waals surface area (Å²) >= 11 is 0. The van der Waals surface area contributed by atoms with Gasteiger partial charge < -0.3 is 15.2 Å². The molecule has 0 aliphatic heterocycles. The summed E-state index contributed by atoms with van der Waals surface area (Å²) < 4.78 is 0. The third-order valence-corrected chi connectivity index (χ3v) is 3.60. The number of nitrogens with one attached hydrogen (secondary N) is 1. The molecule has 0 radical (unpaired) electrons. The molecular formula is C16H30NO3-. The van der Waals surface area contributed by atoms with Crippen molar-refractivity contribution in [2.75, 3.05) is 6.54 Å². The molecule has 0 aromatic carbocycles. The van der Waals surface area contributed by atoms with E-state index in [1.807, 2.05) is 0 Å². The van der Waals surface area contributed by atoms with Crippen molar-refractivity contribution >= 4 is 11.9 Å². The van der Waals surface area contributed by atoms with E-state index in [1.54, 1.807) is 0 Å². The van der Waals surface area contributed by atoms with Gasteiger partial charge in [0.05, 0.1) is 0 Å². The maximum absolute atomic E-state index is 10.8. The number of unbranched alkanes of at least 4 members (excludes halogenated alkanes) is 6. The number of amides is 1. The summed E-state index contributed by atoms with van der Waals surface area (Å²) in [5.74, 6) is -0.920. The van der Waals surface area contributed by atoms with Crippen molar-refractivity contribution in [2.45, 2.75) is 78.1 Å². The molecule has 20 heavy (non-hydrogen) atoms. The molecule has 1 amide bonds. The molecular weight excluding hydrogens is 254 g/mol. The highest BCUT2D eigenvalue weighted by molar-refractivity contribution is 5.72. The average molecular weight is 284 g/mol. The molecule has 0 saturated heterocycles. The standard InChI is InChI=1S/C16H31NO3/c1-3-4-5-6-7-8-9-10-15(13-16(19)20)11-12-17-14(2)18/h15H,3-13H2,1-2H3,(H,17,18)(H,19,20)/p-1. The Kier molecular flexibility index (Phi) is 12.3. The van der Waals surface area contributed by atoms with E-state index in [1.165, 1.54) is 45.4 Å². The summed E-state index contributed by atoms with van der Waals surface area (Å²) in [5.41, 5.74) is 0. The molecule has 4 heteroatoms. The van der Waals surface area contributed by atoms with Gasteiger partial charge in [-0.1, -0.05) is 58.3 Å². The number of hydrogen-bond acceptors (Lipinski definition) is 3. The Hall–Kier alpha value is -1.06. The monoisotopic (exact) mass is 284 g/mol. The van der Waals surface area contributed by atoms with E-state index in [4.69, 9.17) is 0 Å². The van der Waals surface area contributed by atoms with Crippen LogP contribution in [0, 0.1) is 5.92 Å². The van der Waals surface area contributed by atoms with Gasteiger partial charge in [0.15, 0.2) is 0 Å². The Balaban J connectivity index is 3.69. The van der Waals surface area contributed by atoms with Gasteiger partial charge >= 0.3 is 0 Å². The first-order chi connectivity index (χ1) is 9.56. The first-order valence-electron chi connectivity index (χ1n) is 8.00. The highest BCUT2D eigenvalue weighted by Crippen LogP contribution is 2.18. The van der Waals surface area contributed by atoms with E-state index in [-0.39, 0.29) is 18.2 Å². The molecule has 118 valence electrons. The third-order valence-electron chi connectivity index (χ3n) is 3.60. The quantitative estimate of drug-likeness (QED) is 0.528. The van der Waals surface area contributed by atoms with Crippen molar-refractivity contribution in [2.24, 2.45) is 5.92 Å². The van der Waals surface area contributed by atoms with Gasteiger partial charge in [0.2, 0.25) is 5.91 Å². The van der Waals surface area contributed by atoms with E-state index in [9.17, 15) is 14.7 Å². The molecule has 1 atom stereocenters. The molecule has 0 heterocycles. The maximum atomic E-state index is 10.8. The lowest BCUT2D eigenvalue weighted by Gasteiger charge is -2.17. The number of rotatable bonds is 13. The van der Waals surface area contributed by atoms with E-state index in [0.29, 0.717) is 6.54 Å². The van der Waals surface area contributed by atoms with Crippen molar-refractivity contribution in [3.63, 3.8) is 0 Å². The van der Waals surface area contributed by atoms with E-state index in [2.05, 4.69) is 12.2 Å². The van der Waals surface area contributed by atoms with E-state index in [0.717, 1.165) is 19.3 Å². The fourth-order valence-electron chi connectivity index (χ4n) is 2.43. The summed E-state index contributed by atoms with van der Waals surface area (Å²) in [5, 5.41) is 13.4. The van der Waals surface area contributed by atoms with Gasteiger partial charge in [-0.15, -0.1) is 0 Å². The molecule has 0 saturated carbocycles. The summed E-state index contributed by atoms with van der Waals surface area (Å²) in [6, 6.07) is 0. The molecule has 0 aliphatic carbocycles. The van der Waals surface area contributed by atoms with Gasteiger partial charge in [0.25, 0.3) is 0 Å². The predicted molar refractivity (Wildman–Crippen MR) is 79.0 cm³/mol. The van der Waals surface area contributed by atoms with Gasteiger partial charge in [-0.25, -0.2) is 0 Å². The Morgan fingerprint density at radius 1 is 1.00 bits per heavy atom. The smallest absolute Gasteiger partial charge is 0.216 e. The molecule has 1 unspecified atom stereocenters. The third kappa shape index (κ3) is 13.4. The Bertz CT molecular complexity index is 266. The second kappa shape index (κ2) is 12.9. The summed E-state index contributed by atoms with van der Waals surface area (Å²) in [4.78, 5) is 21.5. The molecule has 0 rings (SSSR count). The fourth-order valence-corrected chi connectivity index (χ4v) is 2.43. The normalized spacial score (nSPS) is 12.1. The number of aliphatic carboxylic acids is 1. The first kappa shape index (κ1) is 18.9. The lowest BCUT2D eigenvalue weighted by atomic mass is 9.94. The minimum absolute atomic E-state index is 0.0619. The van der Waals surface area contributed by atoms with Crippen LogP contribution in [0.25, 0.3) is 0 Å². The number of carboxylic acid groups (broad SMARTS) is 1. The van der Waals surface area contributed by atoms with Crippen LogP contribution in [0.1, 0.15) is 78.1 Å². The zero-order valence-corrected chi connectivity index (χ0v) is 13.1. The Morgan fingerprint density at radius 2 is 1.60 bits per heavy atom. The van der Waals surface area contributed by atoms with Crippen LogP contribution in [0.3, 0.4) is 0 Å². The number of carbonyl (C=O) groups is 2. The predicted octanol–water partition coefficient (Wildman–Crippen LogP) is 2.41. The van der Waals surface area contributed by atoms with Gasteiger partial charge in [0.1, 0.15) is 0 Å². The van der Waals surface area contributed by atoms with Crippen molar-refractivity contribution in [3.05, 3.63) is 0 Å². The van der Waals surface area contributed by atoms with Crippen LogP contribution in [0.2, 0.25) is 0 Å². The Morgan fingerprint density at radius 3 is 2.15 bits per heavy atom. The van der Waals surface area contributed by atoms with E-state index < -0.39 is 5.97 Å². The lowest BCUT2D eigenvalue weighted by Crippen LogP contribution is -2.28. The maximum Gasteiger partial charge on any atom is 0.216 e. The van der Waals surface area contributed by atoms with Crippen molar-refractivity contribution in [1.29, 1.82) is 0 Å². The molecule has 0 aliphatic rings. The van der Waals surface area contributed by atoms with Crippen LogP contribution < -0.4 is 10.4 Å². The molecule has 0 bridgehead atoms. The molecule has 1 N–H and O–H groups in total. The van der Waals surface area contributed by atoms with E-state index >= 15 is 0 Å². The SMILES string of the molecule is CCCCCCCCCC(CCNC(C)=O)CC(=O)[O-]. The molecule has 4 nitrogen and oxygen atoms in total. The summed E-state index contributed by atoms with van der Waals surface area (Å²) in [6.45, 7) is 4.24. The topological polar surface area (TPSA) is 69.2 Å². The van der Waals surface area contributed by atoms with Crippen LogP contribution >= 0.6 is 0 Å². The zero-order valence-electron chi connectivity index (χ0n) is 13.1. The fraction of sp³-hybridized carbons (Fsp3) is 0.875.